The maximum Gasteiger partial charge on any atom is 0.338 e. The molecule has 0 saturated carbocycles. The summed E-state index contributed by atoms with van der Waals surface area (Å²) in [6.45, 7) is 5.44. The first-order valence-electron chi connectivity index (χ1n) is 11.0. The Labute approximate surface area is 189 Å². The van der Waals surface area contributed by atoms with Gasteiger partial charge in [0.2, 0.25) is 0 Å². The van der Waals surface area contributed by atoms with E-state index in [1.807, 2.05) is 36.1 Å². The first kappa shape index (κ1) is 23.1. The van der Waals surface area contributed by atoms with Gasteiger partial charge in [-0.15, -0.1) is 0 Å². The number of carbonyl (C=O) groups is 1. The number of aryl methyl sites for hydroxylation is 1. The van der Waals surface area contributed by atoms with Crippen molar-refractivity contribution in [2.45, 2.75) is 39.7 Å². The van der Waals surface area contributed by atoms with Gasteiger partial charge in [-0.1, -0.05) is 49.5 Å². The van der Waals surface area contributed by atoms with Crippen LogP contribution < -0.4 is 4.90 Å². The van der Waals surface area contributed by atoms with Crippen LogP contribution in [0.5, 0.6) is 0 Å². The summed E-state index contributed by atoms with van der Waals surface area (Å²) in [6.07, 6.45) is 3.51. The van der Waals surface area contributed by atoms with Gasteiger partial charge >= 0.3 is 5.97 Å². The number of hydrogen-bond acceptors (Lipinski definition) is 2. The topological polar surface area (TPSA) is 40.5 Å². The molecule has 32 heavy (non-hydrogen) atoms. The minimum absolute atomic E-state index is 0.315. The van der Waals surface area contributed by atoms with Crippen LogP contribution in [-0.2, 0) is 13.0 Å². The molecule has 0 atom stereocenters. The number of rotatable bonds is 8. The molecule has 0 heterocycles. The molecular weight excluding hydrogens is 401 g/mol. The second kappa shape index (κ2) is 11.2. The Morgan fingerprint density at radius 2 is 1.50 bits per heavy atom. The Kier molecular flexibility index (Phi) is 8.05. The molecule has 3 nitrogen and oxygen atoms in total. The Morgan fingerprint density at radius 3 is 2.03 bits per heavy atom. The summed E-state index contributed by atoms with van der Waals surface area (Å²) >= 11 is 0. The van der Waals surface area contributed by atoms with E-state index < -0.39 is 11.8 Å². The van der Waals surface area contributed by atoms with Crippen molar-refractivity contribution in [2.75, 3.05) is 11.4 Å². The van der Waals surface area contributed by atoms with Crippen molar-refractivity contribution in [1.29, 1.82) is 0 Å². The van der Waals surface area contributed by atoms with Gasteiger partial charge in [0, 0.05) is 29.9 Å². The van der Waals surface area contributed by atoms with E-state index in [2.05, 4.69) is 43.0 Å². The highest BCUT2D eigenvalue weighted by Gasteiger charge is 2.14. The predicted octanol–water partition coefficient (Wildman–Crippen LogP) is 6.29. The molecule has 0 aliphatic rings. The van der Waals surface area contributed by atoms with Crippen LogP contribution in [0.4, 0.5) is 10.1 Å². The first-order valence-corrected chi connectivity index (χ1v) is 11.0. The van der Waals surface area contributed by atoms with Gasteiger partial charge < -0.3 is 10.0 Å². The fraction of sp³-hybridized carbons (Fsp3) is 0.250. The van der Waals surface area contributed by atoms with Gasteiger partial charge in [0.1, 0.15) is 5.82 Å². The Bertz CT molecular complexity index is 1110. The van der Waals surface area contributed by atoms with Crippen LogP contribution in [0.1, 0.15) is 59.3 Å². The molecule has 0 fully saturated rings. The van der Waals surface area contributed by atoms with E-state index in [4.69, 9.17) is 0 Å². The van der Waals surface area contributed by atoms with Crippen LogP contribution in [0.3, 0.4) is 0 Å². The highest BCUT2D eigenvalue weighted by atomic mass is 19.1. The van der Waals surface area contributed by atoms with Gasteiger partial charge in [-0.25, -0.2) is 9.18 Å². The van der Waals surface area contributed by atoms with E-state index in [1.54, 1.807) is 6.07 Å². The lowest BCUT2D eigenvalue weighted by Gasteiger charge is -2.23. The maximum atomic E-state index is 13.7. The molecule has 3 rings (SSSR count). The van der Waals surface area contributed by atoms with Crippen LogP contribution in [0.25, 0.3) is 0 Å². The molecule has 0 radical (unpaired) electrons. The molecule has 0 bridgehead atoms. The van der Waals surface area contributed by atoms with Crippen LogP contribution in [-0.4, -0.2) is 17.6 Å². The fourth-order valence-electron chi connectivity index (χ4n) is 3.45. The van der Waals surface area contributed by atoms with Crippen molar-refractivity contribution < 1.29 is 14.3 Å². The van der Waals surface area contributed by atoms with Crippen LogP contribution in [0, 0.1) is 17.7 Å². The van der Waals surface area contributed by atoms with Gasteiger partial charge in [0.05, 0.1) is 5.56 Å². The Morgan fingerprint density at radius 1 is 0.906 bits per heavy atom. The molecule has 0 spiro atoms. The van der Waals surface area contributed by atoms with E-state index in [0.717, 1.165) is 23.1 Å². The van der Waals surface area contributed by atoms with Crippen LogP contribution in [0.2, 0.25) is 0 Å². The van der Waals surface area contributed by atoms with Crippen molar-refractivity contribution >= 4 is 11.7 Å². The average molecular weight is 430 g/mol. The monoisotopic (exact) mass is 429 g/mol. The van der Waals surface area contributed by atoms with E-state index in [1.165, 1.54) is 30.5 Å². The average Bonchev–Trinajstić information content (AvgIpc) is 2.81. The lowest BCUT2D eigenvalue weighted by atomic mass is 10.1. The molecule has 164 valence electrons. The normalized spacial score (nSPS) is 10.3. The SMILES string of the molecule is CCCCc1ccc(C#Cc2ccc(CN(CC)c3ccc(F)c(C(=O)O)c3)cc2)cc1. The van der Waals surface area contributed by atoms with E-state index in [9.17, 15) is 14.3 Å². The molecule has 3 aromatic carbocycles. The lowest BCUT2D eigenvalue weighted by Crippen LogP contribution is -2.22. The number of aromatic carboxylic acids is 1. The number of anilines is 1. The number of nitrogens with zero attached hydrogens (tertiary/aromatic N) is 1. The van der Waals surface area contributed by atoms with Gasteiger partial charge in [0.25, 0.3) is 0 Å². The molecule has 0 unspecified atom stereocenters. The first-order chi connectivity index (χ1) is 15.5. The van der Waals surface area contributed by atoms with E-state index in [0.29, 0.717) is 18.8 Å². The third kappa shape index (κ3) is 6.21. The molecule has 3 aromatic rings. The summed E-state index contributed by atoms with van der Waals surface area (Å²) in [5.41, 5.74) is 4.71. The highest BCUT2D eigenvalue weighted by molar-refractivity contribution is 5.89. The summed E-state index contributed by atoms with van der Waals surface area (Å²) in [5, 5.41) is 9.17. The highest BCUT2D eigenvalue weighted by Crippen LogP contribution is 2.21. The molecule has 0 amide bonds. The summed E-state index contributed by atoms with van der Waals surface area (Å²) in [7, 11) is 0. The molecule has 0 aliphatic heterocycles. The maximum absolute atomic E-state index is 13.7. The van der Waals surface area contributed by atoms with Crippen molar-refractivity contribution in [2.24, 2.45) is 0 Å². The summed E-state index contributed by atoms with van der Waals surface area (Å²) in [4.78, 5) is 13.2. The van der Waals surface area contributed by atoms with Crippen molar-refractivity contribution in [3.8, 4) is 11.8 Å². The Balaban J connectivity index is 1.67. The molecule has 1 N–H and O–H groups in total. The van der Waals surface area contributed by atoms with Crippen molar-refractivity contribution in [3.63, 3.8) is 0 Å². The van der Waals surface area contributed by atoms with Crippen LogP contribution >= 0.6 is 0 Å². The number of unbranched alkanes of at least 4 members (excludes halogenated alkanes) is 1. The zero-order valence-corrected chi connectivity index (χ0v) is 18.6. The molecule has 0 saturated heterocycles. The quantitative estimate of drug-likeness (QED) is 0.428. The smallest absolute Gasteiger partial charge is 0.338 e. The van der Waals surface area contributed by atoms with Gasteiger partial charge in [-0.2, -0.15) is 0 Å². The predicted molar refractivity (Wildman–Crippen MR) is 128 cm³/mol. The van der Waals surface area contributed by atoms with E-state index in [-0.39, 0.29) is 5.56 Å². The standard InChI is InChI=1S/C28H28FNO2/c1-3-5-6-21-7-9-22(10-8-21)11-12-23-13-15-24(16-14-23)20-30(4-2)25-17-18-27(29)26(19-25)28(31)32/h7-10,13-19H,3-6,20H2,1-2H3,(H,31,32). The number of halogens is 1. The number of carboxylic acid groups (broad SMARTS) is 1. The summed E-state index contributed by atoms with van der Waals surface area (Å²) in [6, 6.07) is 20.6. The van der Waals surface area contributed by atoms with Crippen molar-refractivity contribution in [3.05, 3.63) is 100 Å². The molecule has 0 aliphatic carbocycles. The third-order valence-electron chi connectivity index (χ3n) is 5.38. The fourth-order valence-corrected chi connectivity index (χ4v) is 3.45. The Hall–Kier alpha value is -3.58. The van der Waals surface area contributed by atoms with E-state index >= 15 is 0 Å². The number of carboxylic acids is 1. The molecule has 0 aromatic heterocycles. The number of benzene rings is 3. The lowest BCUT2D eigenvalue weighted by molar-refractivity contribution is 0.0692. The largest absolute Gasteiger partial charge is 0.478 e. The van der Waals surface area contributed by atoms with Gasteiger partial charge in [-0.05, 0) is 73.4 Å². The third-order valence-corrected chi connectivity index (χ3v) is 5.38. The van der Waals surface area contributed by atoms with Gasteiger partial charge in [0.15, 0.2) is 0 Å². The summed E-state index contributed by atoms with van der Waals surface area (Å²) < 4.78 is 13.7. The molecule has 4 heteroatoms. The minimum atomic E-state index is -1.26. The minimum Gasteiger partial charge on any atom is -0.478 e. The van der Waals surface area contributed by atoms with Gasteiger partial charge in [-0.3, -0.25) is 0 Å². The summed E-state index contributed by atoms with van der Waals surface area (Å²) in [5.74, 6) is 4.43. The number of hydrogen-bond donors (Lipinski definition) is 1. The second-order valence-electron chi connectivity index (χ2n) is 7.73. The molecular formula is C28H28FNO2. The zero-order chi connectivity index (χ0) is 22.9. The van der Waals surface area contributed by atoms with Crippen LogP contribution in [0.15, 0.2) is 66.7 Å². The van der Waals surface area contributed by atoms with Crippen molar-refractivity contribution in [1.82, 2.24) is 0 Å². The zero-order valence-electron chi connectivity index (χ0n) is 18.6. The second-order valence-corrected chi connectivity index (χ2v) is 7.73.